The average Bonchev–Trinajstić information content (AvgIpc) is 2.57. The maximum atomic E-state index is 12.8. The highest BCUT2D eigenvalue weighted by Crippen LogP contribution is 2.31. The molecule has 2 aromatic rings. The Kier molecular flexibility index (Phi) is 5.06. The SMILES string of the molecule is CCN(c1ccccc1)C1CN(C(=O)Nc2cccc(C(F)(F)F)c2)C1. The van der Waals surface area contributed by atoms with Crippen LogP contribution in [0.25, 0.3) is 0 Å². The summed E-state index contributed by atoms with van der Waals surface area (Å²) in [6.45, 7) is 3.94. The molecule has 0 atom stereocenters. The van der Waals surface area contributed by atoms with E-state index in [0.29, 0.717) is 13.1 Å². The molecule has 1 fully saturated rings. The Labute approximate surface area is 150 Å². The van der Waals surface area contributed by atoms with Gasteiger partial charge in [-0.25, -0.2) is 4.79 Å². The molecule has 1 N–H and O–H groups in total. The normalized spacial score (nSPS) is 14.7. The summed E-state index contributed by atoms with van der Waals surface area (Å²) in [6.07, 6.45) is -4.43. The van der Waals surface area contributed by atoms with E-state index in [9.17, 15) is 18.0 Å². The van der Waals surface area contributed by atoms with Gasteiger partial charge in [0.15, 0.2) is 0 Å². The summed E-state index contributed by atoms with van der Waals surface area (Å²) in [7, 11) is 0. The third-order valence-electron chi connectivity index (χ3n) is 4.46. The maximum absolute atomic E-state index is 12.8. The van der Waals surface area contributed by atoms with Crippen LogP contribution >= 0.6 is 0 Å². The predicted octanol–water partition coefficient (Wildman–Crippen LogP) is 4.45. The fourth-order valence-electron chi connectivity index (χ4n) is 3.07. The van der Waals surface area contributed by atoms with E-state index < -0.39 is 11.7 Å². The number of carbonyl (C=O) groups is 1. The number of urea groups is 1. The minimum absolute atomic E-state index is 0.142. The van der Waals surface area contributed by atoms with Crippen LogP contribution in [0.4, 0.5) is 29.3 Å². The Hall–Kier alpha value is -2.70. The molecule has 0 unspecified atom stereocenters. The van der Waals surface area contributed by atoms with Gasteiger partial charge in [-0.15, -0.1) is 0 Å². The molecule has 138 valence electrons. The van der Waals surface area contributed by atoms with Gasteiger partial charge in [0.25, 0.3) is 0 Å². The summed E-state index contributed by atoms with van der Waals surface area (Å²) >= 11 is 0. The molecule has 3 rings (SSSR count). The predicted molar refractivity (Wildman–Crippen MR) is 95.3 cm³/mol. The van der Waals surface area contributed by atoms with Crippen molar-refractivity contribution in [3.63, 3.8) is 0 Å². The lowest BCUT2D eigenvalue weighted by molar-refractivity contribution is -0.137. The molecule has 0 spiro atoms. The molecule has 7 heteroatoms. The Morgan fingerprint density at radius 3 is 2.46 bits per heavy atom. The number of hydrogen-bond donors (Lipinski definition) is 1. The van der Waals surface area contributed by atoms with Gasteiger partial charge >= 0.3 is 12.2 Å². The Morgan fingerprint density at radius 2 is 1.85 bits per heavy atom. The fourth-order valence-corrected chi connectivity index (χ4v) is 3.07. The lowest BCUT2D eigenvalue weighted by atomic mass is 10.1. The molecule has 0 saturated carbocycles. The number of likely N-dealkylation sites (N-methyl/N-ethyl adjacent to an activating group) is 1. The zero-order valence-corrected chi connectivity index (χ0v) is 14.3. The molecule has 4 nitrogen and oxygen atoms in total. The second-order valence-electron chi connectivity index (χ2n) is 6.19. The lowest BCUT2D eigenvalue weighted by Gasteiger charge is -2.46. The highest BCUT2D eigenvalue weighted by atomic mass is 19.4. The van der Waals surface area contributed by atoms with Gasteiger partial charge in [0.1, 0.15) is 0 Å². The number of likely N-dealkylation sites (tertiary alicyclic amines) is 1. The highest BCUT2D eigenvalue weighted by molar-refractivity contribution is 5.90. The van der Waals surface area contributed by atoms with Gasteiger partial charge in [-0.1, -0.05) is 24.3 Å². The van der Waals surface area contributed by atoms with Crippen molar-refractivity contribution in [1.29, 1.82) is 0 Å². The number of amides is 2. The lowest BCUT2D eigenvalue weighted by Crippen LogP contribution is -2.62. The number of rotatable bonds is 4. The molecule has 0 radical (unpaired) electrons. The Balaban J connectivity index is 1.58. The van der Waals surface area contributed by atoms with E-state index in [1.807, 2.05) is 30.3 Å². The molecule has 1 saturated heterocycles. The van der Waals surface area contributed by atoms with Crippen LogP contribution in [0.3, 0.4) is 0 Å². The minimum atomic E-state index is -4.43. The second kappa shape index (κ2) is 7.27. The number of hydrogen-bond acceptors (Lipinski definition) is 2. The van der Waals surface area contributed by atoms with Crippen LogP contribution in [0.15, 0.2) is 54.6 Å². The van der Waals surface area contributed by atoms with Crippen LogP contribution in [0.2, 0.25) is 0 Å². The van der Waals surface area contributed by atoms with Crippen LogP contribution in [0, 0.1) is 0 Å². The van der Waals surface area contributed by atoms with Crippen molar-refractivity contribution in [3.05, 3.63) is 60.2 Å². The number of para-hydroxylation sites is 1. The van der Waals surface area contributed by atoms with E-state index in [1.54, 1.807) is 4.90 Å². The summed E-state index contributed by atoms with van der Waals surface area (Å²) in [5, 5.41) is 2.54. The minimum Gasteiger partial charge on any atom is -0.365 e. The van der Waals surface area contributed by atoms with Crippen molar-refractivity contribution in [1.82, 2.24) is 4.90 Å². The molecule has 0 bridgehead atoms. The first kappa shape index (κ1) is 18.1. The van der Waals surface area contributed by atoms with Crippen LogP contribution in [-0.4, -0.2) is 36.6 Å². The molecular formula is C19H20F3N3O. The number of benzene rings is 2. The highest BCUT2D eigenvalue weighted by Gasteiger charge is 2.35. The number of anilines is 2. The van der Waals surface area contributed by atoms with E-state index in [-0.39, 0.29) is 17.8 Å². The molecule has 1 aliphatic rings. The standard InChI is InChI=1S/C19H20F3N3O/c1-2-25(16-9-4-3-5-10-16)17-12-24(13-17)18(26)23-15-8-6-7-14(11-15)19(20,21)22/h3-11,17H,2,12-13H2,1H3,(H,23,26). The van der Waals surface area contributed by atoms with E-state index in [0.717, 1.165) is 24.4 Å². The van der Waals surface area contributed by atoms with Gasteiger partial charge in [-0.2, -0.15) is 13.2 Å². The van der Waals surface area contributed by atoms with Crippen molar-refractivity contribution in [2.75, 3.05) is 29.9 Å². The third kappa shape index (κ3) is 3.92. The molecule has 1 aliphatic heterocycles. The van der Waals surface area contributed by atoms with Gasteiger partial charge in [0.2, 0.25) is 0 Å². The molecule has 0 aliphatic carbocycles. The molecule has 2 aromatic carbocycles. The quantitative estimate of drug-likeness (QED) is 0.871. The van der Waals surface area contributed by atoms with E-state index >= 15 is 0 Å². The largest absolute Gasteiger partial charge is 0.416 e. The summed E-state index contributed by atoms with van der Waals surface area (Å²) < 4.78 is 38.3. The Bertz CT molecular complexity index is 758. The Morgan fingerprint density at radius 1 is 1.15 bits per heavy atom. The summed E-state index contributed by atoms with van der Waals surface area (Å²) in [4.78, 5) is 16.1. The summed E-state index contributed by atoms with van der Waals surface area (Å²) in [5.41, 5.74) is 0.458. The number of nitrogens with one attached hydrogen (secondary N) is 1. The monoisotopic (exact) mass is 363 g/mol. The zero-order chi connectivity index (χ0) is 18.7. The van der Waals surface area contributed by atoms with Gasteiger partial charge in [0, 0.05) is 31.0 Å². The van der Waals surface area contributed by atoms with Gasteiger partial charge in [-0.3, -0.25) is 0 Å². The van der Waals surface area contributed by atoms with Crippen molar-refractivity contribution in [3.8, 4) is 0 Å². The average molecular weight is 363 g/mol. The summed E-state index contributed by atoms with van der Waals surface area (Å²) in [6, 6.07) is 14.4. The molecule has 1 heterocycles. The van der Waals surface area contributed by atoms with E-state index in [1.165, 1.54) is 12.1 Å². The first-order chi connectivity index (χ1) is 12.4. The van der Waals surface area contributed by atoms with Crippen LogP contribution in [0.1, 0.15) is 12.5 Å². The van der Waals surface area contributed by atoms with Crippen molar-refractivity contribution in [2.45, 2.75) is 19.1 Å². The fraction of sp³-hybridized carbons (Fsp3) is 0.316. The van der Waals surface area contributed by atoms with Gasteiger partial charge in [0.05, 0.1) is 11.6 Å². The van der Waals surface area contributed by atoms with Crippen molar-refractivity contribution >= 4 is 17.4 Å². The number of alkyl halides is 3. The summed E-state index contributed by atoms with van der Waals surface area (Å²) in [5.74, 6) is 0. The number of carbonyl (C=O) groups excluding carboxylic acids is 1. The smallest absolute Gasteiger partial charge is 0.365 e. The van der Waals surface area contributed by atoms with Crippen LogP contribution in [0.5, 0.6) is 0 Å². The topological polar surface area (TPSA) is 35.6 Å². The first-order valence-electron chi connectivity index (χ1n) is 8.43. The molecule has 26 heavy (non-hydrogen) atoms. The molecule has 0 aromatic heterocycles. The maximum Gasteiger partial charge on any atom is 0.416 e. The van der Waals surface area contributed by atoms with Crippen LogP contribution < -0.4 is 10.2 Å². The van der Waals surface area contributed by atoms with Gasteiger partial charge < -0.3 is 15.1 Å². The molecular weight excluding hydrogens is 343 g/mol. The zero-order valence-electron chi connectivity index (χ0n) is 14.3. The van der Waals surface area contributed by atoms with Crippen molar-refractivity contribution in [2.24, 2.45) is 0 Å². The van der Waals surface area contributed by atoms with Crippen LogP contribution in [-0.2, 0) is 6.18 Å². The number of nitrogens with zero attached hydrogens (tertiary/aromatic N) is 2. The second-order valence-corrected chi connectivity index (χ2v) is 6.19. The third-order valence-corrected chi connectivity index (χ3v) is 4.46. The van der Waals surface area contributed by atoms with Crippen molar-refractivity contribution < 1.29 is 18.0 Å². The first-order valence-corrected chi connectivity index (χ1v) is 8.43. The number of halogens is 3. The van der Waals surface area contributed by atoms with Gasteiger partial charge in [-0.05, 0) is 37.3 Å². The van der Waals surface area contributed by atoms with E-state index in [4.69, 9.17) is 0 Å². The van der Waals surface area contributed by atoms with E-state index in [2.05, 4.69) is 17.1 Å². The molecule has 2 amide bonds.